The number of aryl methyl sites for hydroxylation is 1. The Labute approximate surface area is 324 Å². The van der Waals surface area contributed by atoms with Gasteiger partial charge < -0.3 is 34.2 Å². The fourth-order valence-corrected chi connectivity index (χ4v) is 9.34. The van der Waals surface area contributed by atoms with Crippen LogP contribution in [0, 0.1) is 12.8 Å². The Morgan fingerprint density at radius 1 is 1.02 bits per heavy atom. The molecule has 1 aromatic heterocycles. The van der Waals surface area contributed by atoms with E-state index in [9.17, 15) is 14.4 Å². The number of benzene rings is 1. The van der Waals surface area contributed by atoms with Gasteiger partial charge in [0, 0.05) is 44.2 Å². The predicted octanol–water partition coefficient (Wildman–Crippen LogP) is 7.09. The fraction of sp³-hybridized carbons (Fsp3) is 0.545. The van der Waals surface area contributed by atoms with Crippen molar-refractivity contribution in [3.63, 3.8) is 0 Å². The van der Waals surface area contributed by atoms with Crippen LogP contribution in [-0.2, 0) is 14.3 Å². The number of carbonyl (C=O) groups is 3. The number of nitrogens with zero attached hydrogens (tertiary/aromatic N) is 4. The van der Waals surface area contributed by atoms with Gasteiger partial charge in [-0.2, -0.15) is 0 Å². The molecule has 3 atom stereocenters. The number of allylic oxidation sites excluding steroid dienone is 4. The molecule has 1 aromatic carbocycles. The smallest absolute Gasteiger partial charge is 0.410 e. The lowest BCUT2D eigenvalue weighted by atomic mass is 9.92. The number of rotatable bonds is 10. The quantitative estimate of drug-likeness (QED) is 0.256. The lowest BCUT2D eigenvalue weighted by Gasteiger charge is -2.38. The first-order valence-electron chi connectivity index (χ1n) is 20.4. The van der Waals surface area contributed by atoms with Crippen molar-refractivity contribution in [1.29, 1.82) is 0 Å². The van der Waals surface area contributed by atoms with E-state index in [0.29, 0.717) is 55.8 Å². The molecule has 0 spiro atoms. The van der Waals surface area contributed by atoms with Gasteiger partial charge in [-0.15, -0.1) is 0 Å². The van der Waals surface area contributed by atoms with Crippen molar-refractivity contribution in [2.75, 3.05) is 39.4 Å². The zero-order valence-electron chi connectivity index (χ0n) is 32.8. The summed E-state index contributed by atoms with van der Waals surface area (Å²) in [6.45, 7) is 11.2. The van der Waals surface area contributed by atoms with Crippen LogP contribution in [0.3, 0.4) is 0 Å². The SMILES string of the molecule is Cc1nc(OCCCC2CCN(C(=O)OC(C)(C)C)CC2)ccc1C(=O)N[C@H]1C[C@H]2C(=O)N3CCCC3=C(OCC3C4=C(CCC=C4)c4ccccc43)N2C1. The molecule has 4 aliphatic heterocycles. The van der Waals surface area contributed by atoms with Crippen LogP contribution in [0.2, 0.25) is 0 Å². The highest BCUT2D eigenvalue weighted by molar-refractivity contribution is 5.95. The van der Waals surface area contributed by atoms with Crippen LogP contribution < -0.4 is 10.1 Å². The summed E-state index contributed by atoms with van der Waals surface area (Å²) in [5.74, 6) is 1.91. The standard InChI is InChI=1S/C44H55N5O6/c1-28-31(17-18-39(45-28)53-24-10-11-29-19-22-47(23-20-29)43(52)55-44(2,3)4)40(50)46-30-25-38-41(51)48-21-9-16-37(48)42(49(38)26-30)54-27-36-34-14-7-5-12-32(34)33-13-6-8-15-35(33)36/h5,7-8,12,14-15,17-18,29-30,36,38H,6,9-11,13,16,19-27H2,1-4H3,(H,46,50)/t30-,36?,38-/m0/s1. The molecule has 11 nitrogen and oxygen atoms in total. The Morgan fingerprint density at radius 2 is 1.84 bits per heavy atom. The van der Waals surface area contributed by atoms with Crippen molar-refractivity contribution in [3.05, 3.63) is 88.1 Å². The van der Waals surface area contributed by atoms with Crippen LogP contribution in [0.15, 0.2) is 65.7 Å². The largest absolute Gasteiger partial charge is 0.478 e. The molecule has 1 N–H and O–H groups in total. The number of likely N-dealkylation sites (tertiary alicyclic amines) is 1. The zero-order chi connectivity index (χ0) is 38.3. The highest BCUT2D eigenvalue weighted by Crippen LogP contribution is 2.47. The Balaban J connectivity index is 0.844. The third-order valence-electron chi connectivity index (χ3n) is 12.0. The second kappa shape index (κ2) is 15.4. The molecule has 2 aromatic rings. The average molecular weight is 750 g/mol. The number of aromatic nitrogens is 1. The van der Waals surface area contributed by atoms with E-state index in [0.717, 1.165) is 76.0 Å². The van der Waals surface area contributed by atoms with E-state index in [-0.39, 0.29) is 35.9 Å². The van der Waals surface area contributed by atoms with Crippen molar-refractivity contribution in [2.45, 2.75) is 109 Å². The lowest BCUT2D eigenvalue weighted by molar-refractivity contribution is -0.136. The molecule has 3 fully saturated rings. The third kappa shape index (κ3) is 7.71. The third-order valence-corrected chi connectivity index (χ3v) is 12.0. The molecule has 0 radical (unpaired) electrons. The molecular weight excluding hydrogens is 695 g/mol. The normalized spacial score (nSPS) is 23.5. The lowest BCUT2D eigenvalue weighted by Crippen LogP contribution is -2.49. The molecule has 2 aliphatic carbocycles. The van der Waals surface area contributed by atoms with E-state index >= 15 is 0 Å². The van der Waals surface area contributed by atoms with Gasteiger partial charge in [-0.3, -0.25) is 9.59 Å². The van der Waals surface area contributed by atoms with Crippen LogP contribution in [-0.4, -0.2) is 94.7 Å². The fourth-order valence-electron chi connectivity index (χ4n) is 9.34. The first-order valence-corrected chi connectivity index (χ1v) is 20.4. The number of amides is 3. The van der Waals surface area contributed by atoms with Crippen molar-refractivity contribution < 1.29 is 28.6 Å². The molecule has 1 unspecified atom stereocenters. The molecule has 292 valence electrons. The summed E-state index contributed by atoms with van der Waals surface area (Å²) < 4.78 is 18.3. The maximum absolute atomic E-state index is 13.7. The zero-order valence-corrected chi connectivity index (χ0v) is 32.8. The maximum Gasteiger partial charge on any atom is 0.410 e. The van der Waals surface area contributed by atoms with Crippen LogP contribution in [0.4, 0.5) is 4.79 Å². The van der Waals surface area contributed by atoms with E-state index in [1.807, 2.05) is 37.5 Å². The number of hydrogen-bond donors (Lipinski definition) is 1. The van der Waals surface area contributed by atoms with Gasteiger partial charge in [0.25, 0.3) is 5.91 Å². The van der Waals surface area contributed by atoms with Gasteiger partial charge in [0.1, 0.15) is 18.2 Å². The summed E-state index contributed by atoms with van der Waals surface area (Å²) in [5, 5.41) is 3.22. The minimum atomic E-state index is -0.482. The minimum Gasteiger partial charge on any atom is -0.478 e. The molecule has 11 heteroatoms. The molecule has 3 saturated heterocycles. The molecular formula is C44H55N5O6. The van der Waals surface area contributed by atoms with E-state index in [1.165, 1.54) is 22.3 Å². The van der Waals surface area contributed by atoms with Crippen LogP contribution in [0.5, 0.6) is 5.88 Å². The number of fused-ring (bicyclic) bond motifs is 4. The van der Waals surface area contributed by atoms with E-state index in [2.05, 4.69) is 51.6 Å². The first kappa shape index (κ1) is 37.1. The second-order valence-electron chi connectivity index (χ2n) is 16.9. The van der Waals surface area contributed by atoms with Gasteiger partial charge in [-0.25, -0.2) is 9.78 Å². The highest BCUT2D eigenvalue weighted by Gasteiger charge is 2.48. The van der Waals surface area contributed by atoms with Crippen LogP contribution in [0.25, 0.3) is 5.57 Å². The van der Waals surface area contributed by atoms with E-state index in [1.54, 1.807) is 12.1 Å². The molecule has 8 rings (SSSR count). The molecule has 5 heterocycles. The molecule has 55 heavy (non-hydrogen) atoms. The highest BCUT2D eigenvalue weighted by atomic mass is 16.6. The topological polar surface area (TPSA) is 114 Å². The molecule has 0 saturated carbocycles. The number of nitrogens with one attached hydrogen (secondary N) is 1. The summed E-state index contributed by atoms with van der Waals surface area (Å²) in [6.07, 6.45) is 12.5. The van der Waals surface area contributed by atoms with Gasteiger partial charge in [0.05, 0.1) is 23.6 Å². The summed E-state index contributed by atoms with van der Waals surface area (Å²) in [4.78, 5) is 50.2. The van der Waals surface area contributed by atoms with Gasteiger partial charge in [0.2, 0.25) is 17.7 Å². The minimum absolute atomic E-state index is 0.105. The molecule has 0 bridgehead atoms. The Morgan fingerprint density at radius 3 is 2.64 bits per heavy atom. The van der Waals surface area contributed by atoms with Gasteiger partial charge in [0.15, 0.2) is 0 Å². The number of hydrogen-bond acceptors (Lipinski definition) is 8. The van der Waals surface area contributed by atoms with Crippen molar-refractivity contribution in [2.24, 2.45) is 5.92 Å². The molecule has 3 amide bonds. The number of carbonyl (C=O) groups excluding carboxylic acids is 3. The van der Waals surface area contributed by atoms with Gasteiger partial charge >= 0.3 is 6.09 Å². The second-order valence-corrected chi connectivity index (χ2v) is 16.9. The summed E-state index contributed by atoms with van der Waals surface area (Å²) in [7, 11) is 0. The Hall–Kier alpha value is -4.80. The van der Waals surface area contributed by atoms with Gasteiger partial charge in [-0.1, -0.05) is 36.4 Å². The van der Waals surface area contributed by atoms with Gasteiger partial charge in [-0.05, 0) is 120 Å². The Kier molecular flexibility index (Phi) is 10.4. The van der Waals surface area contributed by atoms with E-state index < -0.39 is 5.60 Å². The summed E-state index contributed by atoms with van der Waals surface area (Å²) in [5.41, 5.74) is 7.04. The number of piperidine rings is 1. The van der Waals surface area contributed by atoms with Crippen LogP contribution in [0.1, 0.15) is 112 Å². The van der Waals surface area contributed by atoms with Crippen molar-refractivity contribution in [3.8, 4) is 5.88 Å². The van der Waals surface area contributed by atoms with Crippen molar-refractivity contribution in [1.82, 2.24) is 25.0 Å². The summed E-state index contributed by atoms with van der Waals surface area (Å²) >= 11 is 0. The first-order chi connectivity index (χ1) is 26.5. The number of ether oxygens (including phenoxy) is 3. The maximum atomic E-state index is 13.7. The average Bonchev–Trinajstić information content (AvgIpc) is 3.90. The molecule has 6 aliphatic rings. The Bertz CT molecular complexity index is 1920. The predicted molar refractivity (Wildman–Crippen MR) is 209 cm³/mol. The van der Waals surface area contributed by atoms with Crippen LogP contribution >= 0.6 is 0 Å². The van der Waals surface area contributed by atoms with E-state index in [4.69, 9.17) is 14.2 Å². The monoisotopic (exact) mass is 749 g/mol. The van der Waals surface area contributed by atoms with Crippen molar-refractivity contribution >= 4 is 23.5 Å². The number of pyridine rings is 1. The summed E-state index contributed by atoms with van der Waals surface area (Å²) in [6, 6.07) is 11.6.